The molecule has 1 aromatic rings. The SMILES string of the molecule is CCc1ccc2c(c1)C(C)(C)C(C(C)=NO)=[N+]2C. The third kappa shape index (κ3) is 1.65. The summed E-state index contributed by atoms with van der Waals surface area (Å²) in [6.45, 7) is 8.37. The first kappa shape index (κ1) is 12.8. The van der Waals surface area contributed by atoms with Crippen molar-refractivity contribution < 1.29 is 9.78 Å². The Balaban J connectivity index is 2.67. The highest BCUT2D eigenvalue weighted by molar-refractivity contribution is 6.43. The topological polar surface area (TPSA) is 35.6 Å². The zero-order valence-electron chi connectivity index (χ0n) is 11.8. The zero-order chi connectivity index (χ0) is 13.5. The van der Waals surface area contributed by atoms with E-state index in [4.69, 9.17) is 5.21 Å². The van der Waals surface area contributed by atoms with Crippen LogP contribution in [0.1, 0.15) is 38.8 Å². The maximum atomic E-state index is 9.07. The third-order valence-corrected chi connectivity index (χ3v) is 3.92. The highest BCUT2D eigenvalue weighted by Crippen LogP contribution is 2.39. The van der Waals surface area contributed by atoms with E-state index < -0.39 is 0 Å². The Labute approximate surface area is 108 Å². The van der Waals surface area contributed by atoms with E-state index in [1.807, 2.05) is 14.0 Å². The minimum Gasteiger partial charge on any atom is -0.410 e. The van der Waals surface area contributed by atoms with Crippen molar-refractivity contribution in [3.63, 3.8) is 0 Å². The summed E-state index contributed by atoms with van der Waals surface area (Å²) in [7, 11) is 2.03. The largest absolute Gasteiger partial charge is 0.410 e. The first-order valence-electron chi connectivity index (χ1n) is 6.37. The van der Waals surface area contributed by atoms with Crippen LogP contribution in [0.15, 0.2) is 23.4 Å². The highest BCUT2D eigenvalue weighted by atomic mass is 16.4. The van der Waals surface area contributed by atoms with Crippen LogP contribution in [0.5, 0.6) is 0 Å². The van der Waals surface area contributed by atoms with Crippen molar-refractivity contribution in [1.29, 1.82) is 0 Å². The van der Waals surface area contributed by atoms with E-state index in [-0.39, 0.29) is 5.41 Å². The van der Waals surface area contributed by atoms with Gasteiger partial charge in [-0.3, -0.25) is 0 Å². The van der Waals surface area contributed by atoms with Gasteiger partial charge in [0.2, 0.25) is 11.4 Å². The number of aryl methyl sites for hydroxylation is 1. The van der Waals surface area contributed by atoms with E-state index in [0.717, 1.165) is 12.1 Å². The van der Waals surface area contributed by atoms with E-state index in [1.54, 1.807) is 0 Å². The number of oxime groups is 1. The average Bonchev–Trinajstić information content (AvgIpc) is 2.56. The molecule has 1 aliphatic rings. The molecular weight excluding hydrogens is 224 g/mol. The second-order valence-corrected chi connectivity index (χ2v) is 5.42. The normalized spacial score (nSPS) is 18.2. The molecule has 0 aliphatic carbocycles. The second kappa shape index (κ2) is 4.23. The molecule has 0 saturated heterocycles. The average molecular weight is 245 g/mol. The van der Waals surface area contributed by atoms with Crippen molar-refractivity contribution in [3.8, 4) is 0 Å². The summed E-state index contributed by atoms with van der Waals surface area (Å²) >= 11 is 0. The van der Waals surface area contributed by atoms with E-state index >= 15 is 0 Å². The Morgan fingerprint density at radius 2 is 2.06 bits per heavy atom. The van der Waals surface area contributed by atoms with Gasteiger partial charge in [0.15, 0.2) is 0 Å². The summed E-state index contributed by atoms with van der Waals surface area (Å²) in [5.41, 5.74) is 5.48. The summed E-state index contributed by atoms with van der Waals surface area (Å²) in [6.07, 6.45) is 1.04. The van der Waals surface area contributed by atoms with E-state index in [9.17, 15) is 0 Å². The lowest BCUT2D eigenvalue weighted by Crippen LogP contribution is -2.34. The summed E-state index contributed by atoms with van der Waals surface area (Å²) in [6, 6.07) is 6.59. The van der Waals surface area contributed by atoms with Crippen molar-refractivity contribution in [3.05, 3.63) is 29.3 Å². The van der Waals surface area contributed by atoms with Gasteiger partial charge in [-0.2, -0.15) is 4.58 Å². The smallest absolute Gasteiger partial charge is 0.216 e. The number of hydrogen-bond acceptors (Lipinski definition) is 2. The van der Waals surface area contributed by atoms with Crippen LogP contribution in [-0.4, -0.2) is 28.3 Å². The first-order chi connectivity index (χ1) is 8.43. The molecule has 0 fully saturated rings. The molecule has 0 aromatic heterocycles. The van der Waals surface area contributed by atoms with Crippen molar-refractivity contribution >= 4 is 17.1 Å². The summed E-state index contributed by atoms with van der Waals surface area (Å²) in [5.74, 6) is 0. The molecule has 18 heavy (non-hydrogen) atoms. The fraction of sp³-hybridized carbons (Fsp3) is 0.467. The van der Waals surface area contributed by atoms with Gasteiger partial charge in [-0.1, -0.05) is 18.1 Å². The van der Waals surface area contributed by atoms with Crippen molar-refractivity contribution in [2.45, 2.75) is 39.5 Å². The lowest BCUT2D eigenvalue weighted by atomic mass is 9.79. The Hall–Kier alpha value is -1.64. The number of fused-ring (bicyclic) bond motifs is 1. The highest BCUT2D eigenvalue weighted by Gasteiger charge is 2.45. The Kier molecular flexibility index (Phi) is 3.01. The molecule has 0 saturated carbocycles. The molecule has 0 amide bonds. The van der Waals surface area contributed by atoms with Crippen molar-refractivity contribution in [1.82, 2.24) is 0 Å². The molecule has 1 aliphatic heterocycles. The number of nitrogens with zero attached hydrogens (tertiary/aromatic N) is 2. The molecule has 0 bridgehead atoms. The van der Waals surface area contributed by atoms with Gasteiger partial charge in [-0.15, -0.1) is 0 Å². The van der Waals surface area contributed by atoms with Crippen LogP contribution in [0.3, 0.4) is 0 Å². The first-order valence-corrected chi connectivity index (χ1v) is 6.37. The van der Waals surface area contributed by atoms with Gasteiger partial charge in [-0.25, -0.2) is 0 Å². The molecule has 0 atom stereocenters. The molecule has 2 rings (SSSR count). The lowest BCUT2D eigenvalue weighted by Gasteiger charge is -2.17. The lowest BCUT2D eigenvalue weighted by molar-refractivity contribution is -0.400. The molecule has 0 radical (unpaired) electrons. The summed E-state index contributed by atoms with van der Waals surface area (Å²) < 4.78 is 2.13. The maximum absolute atomic E-state index is 9.07. The maximum Gasteiger partial charge on any atom is 0.216 e. The molecular formula is C15H21N2O+. The van der Waals surface area contributed by atoms with Crippen molar-refractivity contribution in [2.24, 2.45) is 5.16 Å². The van der Waals surface area contributed by atoms with E-state index in [2.05, 4.69) is 48.7 Å². The molecule has 1 heterocycles. The molecule has 0 spiro atoms. The molecule has 1 aromatic carbocycles. The van der Waals surface area contributed by atoms with Gasteiger partial charge in [0, 0.05) is 11.6 Å². The molecule has 1 N–H and O–H groups in total. The van der Waals surface area contributed by atoms with Gasteiger partial charge in [0.25, 0.3) is 0 Å². The minimum atomic E-state index is -0.119. The molecule has 3 nitrogen and oxygen atoms in total. The minimum absolute atomic E-state index is 0.119. The predicted molar refractivity (Wildman–Crippen MR) is 74.6 cm³/mol. The van der Waals surface area contributed by atoms with Gasteiger partial charge >= 0.3 is 0 Å². The molecule has 3 heteroatoms. The fourth-order valence-electron chi connectivity index (χ4n) is 3.01. The summed E-state index contributed by atoms with van der Waals surface area (Å²) in [4.78, 5) is 0. The third-order valence-electron chi connectivity index (χ3n) is 3.92. The van der Waals surface area contributed by atoms with Crippen LogP contribution in [0, 0.1) is 0 Å². The van der Waals surface area contributed by atoms with Gasteiger partial charge < -0.3 is 5.21 Å². The van der Waals surface area contributed by atoms with Crippen LogP contribution in [0.4, 0.5) is 5.69 Å². The quantitative estimate of drug-likeness (QED) is 0.369. The zero-order valence-corrected chi connectivity index (χ0v) is 11.8. The Bertz CT molecular complexity index is 554. The number of rotatable bonds is 2. The predicted octanol–water partition coefficient (Wildman–Crippen LogP) is 3.11. The van der Waals surface area contributed by atoms with Crippen LogP contribution in [-0.2, 0) is 11.8 Å². The van der Waals surface area contributed by atoms with Crippen LogP contribution in [0.25, 0.3) is 0 Å². The van der Waals surface area contributed by atoms with E-state index in [1.165, 1.54) is 16.8 Å². The van der Waals surface area contributed by atoms with Gasteiger partial charge in [0.1, 0.15) is 12.8 Å². The number of hydrogen-bond donors (Lipinski definition) is 1. The van der Waals surface area contributed by atoms with Gasteiger partial charge in [-0.05, 0) is 38.8 Å². The molecule has 0 unspecified atom stereocenters. The monoisotopic (exact) mass is 245 g/mol. The van der Waals surface area contributed by atoms with Crippen LogP contribution >= 0.6 is 0 Å². The second-order valence-electron chi connectivity index (χ2n) is 5.42. The fourth-order valence-corrected chi connectivity index (χ4v) is 3.01. The van der Waals surface area contributed by atoms with Gasteiger partial charge in [0.05, 0.1) is 5.41 Å². The number of benzene rings is 1. The van der Waals surface area contributed by atoms with Crippen LogP contribution < -0.4 is 0 Å². The Morgan fingerprint density at radius 1 is 1.39 bits per heavy atom. The standard InChI is InChI=1S/C15H20N2O/c1-6-11-7-8-13-12(9-11)15(3,4)14(17(13)5)10(2)16-18/h7-9H,6H2,1-5H3/p+1. The Morgan fingerprint density at radius 3 is 2.61 bits per heavy atom. The van der Waals surface area contributed by atoms with Crippen LogP contribution in [0.2, 0.25) is 0 Å². The van der Waals surface area contributed by atoms with Crippen molar-refractivity contribution in [2.75, 3.05) is 7.05 Å². The summed E-state index contributed by atoms with van der Waals surface area (Å²) in [5, 5.41) is 12.4. The molecule has 96 valence electrons. The van der Waals surface area contributed by atoms with E-state index in [0.29, 0.717) is 5.71 Å².